The maximum Gasteiger partial charge on any atom is 0.602 e. The molecule has 2 aromatic rings. The van der Waals surface area contributed by atoms with E-state index in [-0.39, 0.29) is 0 Å². The van der Waals surface area contributed by atoms with E-state index in [2.05, 4.69) is 0 Å². The Balaban J connectivity index is 2.33. The van der Waals surface area contributed by atoms with Gasteiger partial charge in [-0.3, -0.25) is 0 Å². The van der Waals surface area contributed by atoms with Crippen LogP contribution in [0.1, 0.15) is 0 Å². The molecule has 2 aromatic carbocycles. The van der Waals surface area contributed by atoms with Gasteiger partial charge in [-0.25, -0.2) is 0 Å². The number of hydrogen-bond acceptors (Lipinski definition) is 3. The van der Waals surface area contributed by atoms with Crippen LogP contribution in [0.3, 0.4) is 0 Å². The van der Waals surface area contributed by atoms with Gasteiger partial charge in [0.25, 0.3) is 0 Å². The van der Waals surface area contributed by atoms with Gasteiger partial charge in [-0.2, -0.15) is 0 Å². The quantitative estimate of drug-likeness (QED) is 0.771. The topological polar surface area (TPSA) is 27.7 Å². The maximum absolute atomic E-state index is 5.98. The van der Waals surface area contributed by atoms with Crippen LogP contribution in [0.15, 0.2) is 60.7 Å². The zero-order chi connectivity index (χ0) is 12.8. The largest absolute Gasteiger partial charge is 0.602 e. The van der Waals surface area contributed by atoms with Crippen molar-refractivity contribution in [3.63, 3.8) is 0 Å². The molecule has 4 heteroatoms. The van der Waals surface area contributed by atoms with Crippen LogP contribution in [-0.4, -0.2) is 23.0 Å². The Morgan fingerprint density at radius 1 is 0.722 bits per heavy atom. The summed E-state index contributed by atoms with van der Waals surface area (Å²) in [5.74, 6) is 0.747. The Hall–Kier alpha value is -1.62. The SMILES string of the molecule is CO[Si](OC)(Oc1ccccc1)c1ccccc1. The van der Waals surface area contributed by atoms with Gasteiger partial charge in [-0.05, 0) is 12.1 Å². The van der Waals surface area contributed by atoms with E-state index in [0.29, 0.717) is 0 Å². The third kappa shape index (κ3) is 2.61. The summed E-state index contributed by atoms with van der Waals surface area (Å²) in [5, 5.41) is 0.943. The van der Waals surface area contributed by atoms with Crippen LogP contribution in [0.5, 0.6) is 5.75 Å². The van der Waals surface area contributed by atoms with Crippen molar-refractivity contribution in [2.24, 2.45) is 0 Å². The second-order valence-corrected chi connectivity index (χ2v) is 6.46. The first-order valence-electron chi connectivity index (χ1n) is 5.70. The van der Waals surface area contributed by atoms with Crippen LogP contribution in [0, 0.1) is 0 Å². The van der Waals surface area contributed by atoms with E-state index in [4.69, 9.17) is 13.3 Å². The first-order valence-corrected chi connectivity index (χ1v) is 7.43. The van der Waals surface area contributed by atoms with Crippen molar-refractivity contribution in [1.29, 1.82) is 0 Å². The molecular weight excluding hydrogens is 244 g/mol. The molecular formula is C14H16O3Si. The fourth-order valence-electron chi connectivity index (χ4n) is 1.75. The predicted molar refractivity (Wildman–Crippen MR) is 72.9 cm³/mol. The van der Waals surface area contributed by atoms with E-state index in [1.807, 2.05) is 60.7 Å². The molecule has 0 aliphatic carbocycles. The molecule has 0 aliphatic heterocycles. The minimum Gasteiger partial charge on any atom is -0.498 e. The summed E-state index contributed by atoms with van der Waals surface area (Å²) in [7, 11) is 0.373. The maximum atomic E-state index is 5.98. The van der Waals surface area contributed by atoms with Gasteiger partial charge in [-0.15, -0.1) is 0 Å². The van der Waals surface area contributed by atoms with E-state index >= 15 is 0 Å². The molecule has 0 aliphatic rings. The van der Waals surface area contributed by atoms with Crippen LogP contribution in [0.25, 0.3) is 0 Å². The fourth-order valence-corrected chi connectivity index (χ4v) is 3.72. The molecule has 0 N–H and O–H groups in total. The van der Waals surface area contributed by atoms with Crippen molar-refractivity contribution in [1.82, 2.24) is 0 Å². The van der Waals surface area contributed by atoms with Crippen LogP contribution in [0.4, 0.5) is 0 Å². The summed E-state index contributed by atoms with van der Waals surface area (Å²) in [6, 6.07) is 19.3. The lowest BCUT2D eigenvalue weighted by Gasteiger charge is -2.26. The average molecular weight is 260 g/mol. The normalized spacial score (nSPS) is 11.2. The third-order valence-electron chi connectivity index (χ3n) is 2.66. The lowest BCUT2D eigenvalue weighted by Crippen LogP contribution is -2.58. The van der Waals surface area contributed by atoms with E-state index in [0.717, 1.165) is 10.9 Å². The minimum atomic E-state index is -2.86. The molecule has 3 nitrogen and oxygen atoms in total. The molecule has 18 heavy (non-hydrogen) atoms. The third-order valence-corrected chi connectivity index (χ3v) is 5.28. The average Bonchev–Trinajstić information content (AvgIpc) is 2.47. The summed E-state index contributed by atoms with van der Waals surface area (Å²) in [6.45, 7) is 0. The van der Waals surface area contributed by atoms with Crippen molar-refractivity contribution in [3.05, 3.63) is 60.7 Å². The van der Waals surface area contributed by atoms with Gasteiger partial charge in [0.1, 0.15) is 5.75 Å². The molecule has 94 valence electrons. The van der Waals surface area contributed by atoms with Gasteiger partial charge in [0, 0.05) is 19.4 Å². The molecule has 0 amide bonds. The molecule has 0 atom stereocenters. The second kappa shape index (κ2) is 5.82. The number of para-hydroxylation sites is 1. The van der Waals surface area contributed by atoms with Crippen LogP contribution < -0.4 is 9.61 Å². The number of hydrogen-bond donors (Lipinski definition) is 0. The lowest BCUT2D eigenvalue weighted by atomic mass is 10.3. The van der Waals surface area contributed by atoms with Gasteiger partial charge in [0.2, 0.25) is 0 Å². The molecule has 0 radical (unpaired) electrons. The Bertz CT molecular complexity index is 469. The second-order valence-electron chi connectivity index (χ2n) is 3.75. The highest BCUT2D eigenvalue weighted by molar-refractivity contribution is 6.75. The smallest absolute Gasteiger partial charge is 0.498 e. The molecule has 0 spiro atoms. The lowest BCUT2D eigenvalue weighted by molar-refractivity contribution is 0.178. The van der Waals surface area contributed by atoms with Crippen LogP contribution in [-0.2, 0) is 8.85 Å². The molecule has 0 heterocycles. The monoisotopic (exact) mass is 260 g/mol. The molecule has 0 fully saturated rings. The van der Waals surface area contributed by atoms with Crippen LogP contribution in [0.2, 0.25) is 0 Å². The van der Waals surface area contributed by atoms with E-state index in [1.54, 1.807) is 14.2 Å². The van der Waals surface area contributed by atoms with E-state index in [9.17, 15) is 0 Å². The molecule has 2 rings (SSSR count). The summed E-state index contributed by atoms with van der Waals surface area (Å²) in [6.07, 6.45) is 0. The molecule has 0 saturated carbocycles. The molecule has 0 bridgehead atoms. The van der Waals surface area contributed by atoms with E-state index in [1.165, 1.54) is 0 Å². The summed E-state index contributed by atoms with van der Waals surface area (Å²) < 4.78 is 17.1. The highest BCUT2D eigenvalue weighted by atomic mass is 28.4. The van der Waals surface area contributed by atoms with Crippen molar-refractivity contribution in [2.45, 2.75) is 0 Å². The highest BCUT2D eigenvalue weighted by Gasteiger charge is 2.44. The van der Waals surface area contributed by atoms with E-state index < -0.39 is 8.80 Å². The Morgan fingerprint density at radius 2 is 1.22 bits per heavy atom. The first-order chi connectivity index (χ1) is 8.80. The molecule has 0 unspecified atom stereocenters. The molecule has 0 aromatic heterocycles. The van der Waals surface area contributed by atoms with Gasteiger partial charge in [0.15, 0.2) is 0 Å². The minimum absolute atomic E-state index is 0.747. The van der Waals surface area contributed by atoms with Crippen molar-refractivity contribution in [2.75, 3.05) is 14.2 Å². The van der Waals surface area contributed by atoms with Crippen LogP contribution >= 0.6 is 0 Å². The predicted octanol–water partition coefficient (Wildman–Crippen LogP) is 2.20. The molecule has 0 saturated heterocycles. The fraction of sp³-hybridized carbons (Fsp3) is 0.143. The van der Waals surface area contributed by atoms with Gasteiger partial charge >= 0.3 is 8.80 Å². The summed E-state index contributed by atoms with van der Waals surface area (Å²) in [5.41, 5.74) is 0. The Labute approximate surface area is 108 Å². The summed E-state index contributed by atoms with van der Waals surface area (Å²) >= 11 is 0. The number of benzene rings is 2. The number of rotatable bonds is 5. The summed E-state index contributed by atoms with van der Waals surface area (Å²) in [4.78, 5) is 0. The van der Waals surface area contributed by atoms with Crippen molar-refractivity contribution < 1.29 is 13.3 Å². The highest BCUT2D eigenvalue weighted by Crippen LogP contribution is 2.16. The standard InChI is InChI=1S/C14H16O3Si/c1-15-18(16-2,14-11-7-4-8-12-14)17-13-9-5-3-6-10-13/h3-12H,1-2H3. The zero-order valence-electron chi connectivity index (χ0n) is 10.5. The van der Waals surface area contributed by atoms with Crippen molar-refractivity contribution in [3.8, 4) is 5.75 Å². The Kier molecular flexibility index (Phi) is 4.14. The zero-order valence-corrected chi connectivity index (χ0v) is 11.5. The van der Waals surface area contributed by atoms with Gasteiger partial charge < -0.3 is 13.3 Å². The van der Waals surface area contributed by atoms with Gasteiger partial charge in [0.05, 0.1) is 0 Å². The Morgan fingerprint density at radius 3 is 1.72 bits per heavy atom. The van der Waals surface area contributed by atoms with Gasteiger partial charge in [-0.1, -0.05) is 48.5 Å². The van der Waals surface area contributed by atoms with Crippen molar-refractivity contribution >= 4 is 14.0 Å². The first kappa shape index (κ1) is 12.8.